The number of halogens is 1. The minimum atomic E-state index is 0.102. The van der Waals surface area contributed by atoms with Crippen molar-refractivity contribution in [2.45, 2.75) is 24.6 Å². The maximum Gasteiger partial charge on any atom is 0.247 e. The summed E-state index contributed by atoms with van der Waals surface area (Å²) in [5.74, 6) is 0.102. The average molecular weight is 172 g/mol. The number of hydrogen-bond donors (Lipinski definition) is 1. The number of hydrogen-bond acceptors (Lipinski definition) is 1. The third-order valence-electron chi connectivity index (χ3n) is 2.35. The Morgan fingerprint density at radius 3 is 3.18 bits per heavy atom. The lowest BCUT2D eigenvalue weighted by Gasteiger charge is -2.16. The van der Waals surface area contributed by atoms with Gasteiger partial charge in [0, 0.05) is 17.5 Å². The van der Waals surface area contributed by atoms with E-state index >= 15 is 0 Å². The van der Waals surface area contributed by atoms with Crippen LogP contribution in [0.2, 0.25) is 0 Å². The summed E-state index contributed by atoms with van der Waals surface area (Å²) < 4.78 is 0. The topological polar surface area (TPSA) is 29.1 Å². The van der Waals surface area contributed by atoms with Crippen LogP contribution in [0.3, 0.4) is 0 Å². The van der Waals surface area contributed by atoms with Crippen molar-refractivity contribution in [3.05, 3.63) is 11.1 Å². The maximum atomic E-state index is 11.1. The summed E-state index contributed by atoms with van der Waals surface area (Å²) in [6, 6.07) is 0. The van der Waals surface area contributed by atoms with Crippen molar-refractivity contribution in [2.75, 3.05) is 6.54 Å². The minimum absolute atomic E-state index is 0.102. The molecule has 60 valence electrons. The average Bonchev–Trinajstić information content (AvgIpc) is 2.33. The summed E-state index contributed by atoms with van der Waals surface area (Å²) in [5, 5.41) is 2.99. The van der Waals surface area contributed by atoms with Crippen LogP contribution in [-0.2, 0) is 4.79 Å². The molecule has 1 unspecified atom stereocenters. The normalized spacial score (nSPS) is 30.3. The third kappa shape index (κ3) is 1.16. The van der Waals surface area contributed by atoms with E-state index in [0.717, 1.165) is 31.4 Å². The van der Waals surface area contributed by atoms with Crippen molar-refractivity contribution in [1.29, 1.82) is 0 Å². The van der Waals surface area contributed by atoms with Gasteiger partial charge in [0.05, 0.1) is 0 Å². The summed E-state index contributed by atoms with van der Waals surface area (Å²) in [6.45, 7) is 0.762. The Labute approximate surface area is 70.6 Å². The highest BCUT2D eigenvalue weighted by molar-refractivity contribution is 6.21. The first-order chi connectivity index (χ1) is 5.27. The van der Waals surface area contributed by atoms with Crippen LogP contribution in [-0.4, -0.2) is 17.8 Å². The molecular weight excluding hydrogens is 162 g/mol. The molecule has 0 aromatic carbocycles. The molecule has 0 bridgehead atoms. The molecule has 2 rings (SSSR count). The molecule has 0 aromatic rings. The Balaban J connectivity index is 2.24. The lowest BCUT2D eigenvalue weighted by Crippen LogP contribution is -2.18. The smallest absolute Gasteiger partial charge is 0.247 e. The van der Waals surface area contributed by atoms with E-state index in [4.69, 9.17) is 11.6 Å². The van der Waals surface area contributed by atoms with Gasteiger partial charge in [-0.25, -0.2) is 0 Å². The van der Waals surface area contributed by atoms with E-state index in [0.29, 0.717) is 0 Å². The number of carbonyl (C=O) groups excluding carboxylic acids is 1. The highest BCUT2D eigenvalue weighted by atomic mass is 35.5. The molecule has 0 radical (unpaired) electrons. The quantitative estimate of drug-likeness (QED) is 0.546. The van der Waals surface area contributed by atoms with Crippen LogP contribution in [0.15, 0.2) is 11.1 Å². The SMILES string of the molecule is O=C1NCC2=C1CC(Cl)CC2. The number of nitrogens with one attached hydrogen (secondary N) is 1. The third-order valence-corrected chi connectivity index (χ3v) is 2.72. The Morgan fingerprint density at radius 2 is 2.36 bits per heavy atom. The second-order valence-corrected chi connectivity index (χ2v) is 3.72. The zero-order valence-corrected chi connectivity index (χ0v) is 6.95. The van der Waals surface area contributed by atoms with Gasteiger partial charge in [0.15, 0.2) is 0 Å². The molecule has 1 atom stereocenters. The van der Waals surface area contributed by atoms with Crippen LogP contribution in [0.5, 0.6) is 0 Å². The number of alkyl halides is 1. The zero-order chi connectivity index (χ0) is 7.84. The van der Waals surface area contributed by atoms with Gasteiger partial charge >= 0.3 is 0 Å². The predicted octanol–water partition coefficient (Wildman–Crippen LogP) is 1.20. The standard InChI is InChI=1S/C8H10ClNO/c9-6-2-1-5-4-10-8(11)7(5)3-6/h6H,1-4H2,(H,10,11). The molecule has 1 N–H and O–H groups in total. The van der Waals surface area contributed by atoms with E-state index in [1.165, 1.54) is 5.57 Å². The molecule has 0 spiro atoms. The van der Waals surface area contributed by atoms with Gasteiger partial charge in [-0.05, 0) is 24.8 Å². The first-order valence-corrected chi connectivity index (χ1v) is 4.34. The van der Waals surface area contributed by atoms with Crippen LogP contribution >= 0.6 is 11.6 Å². The van der Waals surface area contributed by atoms with Crippen molar-refractivity contribution in [3.8, 4) is 0 Å². The Hall–Kier alpha value is -0.500. The largest absolute Gasteiger partial charge is 0.349 e. The summed E-state index contributed by atoms with van der Waals surface area (Å²) in [7, 11) is 0. The van der Waals surface area contributed by atoms with Gasteiger partial charge in [0.25, 0.3) is 0 Å². The molecule has 11 heavy (non-hydrogen) atoms. The van der Waals surface area contributed by atoms with Crippen LogP contribution in [0.4, 0.5) is 0 Å². The highest BCUT2D eigenvalue weighted by Crippen LogP contribution is 2.30. The summed E-state index contributed by atoms with van der Waals surface area (Å²) >= 11 is 5.93. The van der Waals surface area contributed by atoms with Crippen molar-refractivity contribution in [2.24, 2.45) is 0 Å². The second-order valence-electron chi connectivity index (χ2n) is 3.10. The molecule has 3 heteroatoms. The lowest BCUT2D eigenvalue weighted by molar-refractivity contribution is -0.116. The molecule has 1 heterocycles. The lowest BCUT2D eigenvalue weighted by atomic mass is 9.93. The second kappa shape index (κ2) is 2.52. The fraction of sp³-hybridized carbons (Fsp3) is 0.625. The van der Waals surface area contributed by atoms with Gasteiger partial charge in [-0.15, -0.1) is 11.6 Å². The summed E-state index contributed by atoms with van der Waals surface area (Å²) in [5.41, 5.74) is 2.24. The molecule has 1 aliphatic heterocycles. The zero-order valence-electron chi connectivity index (χ0n) is 6.19. The van der Waals surface area contributed by atoms with Crippen LogP contribution in [0.25, 0.3) is 0 Å². The Kier molecular flexibility index (Phi) is 1.64. The van der Waals surface area contributed by atoms with E-state index in [-0.39, 0.29) is 11.3 Å². The van der Waals surface area contributed by atoms with Crippen molar-refractivity contribution in [1.82, 2.24) is 5.32 Å². The van der Waals surface area contributed by atoms with Crippen molar-refractivity contribution in [3.63, 3.8) is 0 Å². The van der Waals surface area contributed by atoms with E-state index < -0.39 is 0 Å². The summed E-state index contributed by atoms with van der Waals surface area (Å²) in [4.78, 5) is 11.1. The van der Waals surface area contributed by atoms with Gasteiger partial charge in [-0.3, -0.25) is 4.79 Å². The van der Waals surface area contributed by atoms with E-state index in [9.17, 15) is 4.79 Å². The minimum Gasteiger partial charge on any atom is -0.349 e. The van der Waals surface area contributed by atoms with Crippen molar-refractivity contribution >= 4 is 17.5 Å². The molecule has 1 aliphatic carbocycles. The number of carbonyl (C=O) groups is 1. The Morgan fingerprint density at radius 1 is 1.55 bits per heavy atom. The van der Waals surface area contributed by atoms with Gasteiger partial charge in [-0.2, -0.15) is 0 Å². The van der Waals surface area contributed by atoms with Gasteiger partial charge < -0.3 is 5.32 Å². The van der Waals surface area contributed by atoms with Crippen LogP contribution < -0.4 is 5.32 Å². The molecule has 2 nitrogen and oxygen atoms in total. The first kappa shape index (κ1) is 7.17. The molecule has 1 amide bonds. The fourth-order valence-electron chi connectivity index (χ4n) is 1.69. The van der Waals surface area contributed by atoms with Crippen molar-refractivity contribution < 1.29 is 4.79 Å². The predicted molar refractivity (Wildman–Crippen MR) is 43.5 cm³/mol. The molecular formula is C8H10ClNO. The maximum absolute atomic E-state index is 11.1. The van der Waals surface area contributed by atoms with E-state index in [2.05, 4.69) is 5.32 Å². The number of rotatable bonds is 0. The monoisotopic (exact) mass is 171 g/mol. The van der Waals surface area contributed by atoms with E-state index in [1.807, 2.05) is 0 Å². The summed E-state index contributed by atoms with van der Waals surface area (Å²) in [6.07, 6.45) is 2.79. The molecule has 0 saturated heterocycles. The van der Waals surface area contributed by atoms with Gasteiger partial charge in [0.2, 0.25) is 5.91 Å². The molecule has 0 saturated carbocycles. The Bertz CT molecular complexity index is 234. The van der Waals surface area contributed by atoms with Gasteiger partial charge in [-0.1, -0.05) is 0 Å². The highest BCUT2D eigenvalue weighted by Gasteiger charge is 2.28. The molecule has 0 aromatic heterocycles. The molecule has 0 fully saturated rings. The van der Waals surface area contributed by atoms with Gasteiger partial charge in [0.1, 0.15) is 0 Å². The van der Waals surface area contributed by atoms with Crippen LogP contribution in [0, 0.1) is 0 Å². The number of amides is 1. The molecule has 2 aliphatic rings. The first-order valence-electron chi connectivity index (χ1n) is 3.90. The van der Waals surface area contributed by atoms with Crippen LogP contribution in [0.1, 0.15) is 19.3 Å². The fourth-order valence-corrected chi connectivity index (χ4v) is 1.96. The van der Waals surface area contributed by atoms with E-state index in [1.54, 1.807) is 0 Å².